The second kappa shape index (κ2) is 6.36. The van der Waals surface area contributed by atoms with E-state index in [1.807, 2.05) is 24.5 Å². The first kappa shape index (κ1) is 15.3. The van der Waals surface area contributed by atoms with Crippen LogP contribution in [0.5, 0.6) is 0 Å². The Bertz CT molecular complexity index is 701. The SMILES string of the molecule is O=C(NC1CC1)C1(Cc2ccc(-c3ccncc3)cc2)CCCN1. The average molecular weight is 321 g/mol. The van der Waals surface area contributed by atoms with Crippen molar-refractivity contribution in [3.63, 3.8) is 0 Å². The maximum Gasteiger partial charge on any atom is 0.240 e. The lowest BCUT2D eigenvalue weighted by molar-refractivity contribution is -0.127. The number of hydrogen-bond donors (Lipinski definition) is 2. The molecule has 4 heteroatoms. The van der Waals surface area contributed by atoms with Crippen molar-refractivity contribution < 1.29 is 4.79 Å². The van der Waals surface area contributed by atoms with Gasteiger partial charge >= 0.3 is 0 Å². The minimum absolute atomic E-state index is 0.181. The molecular formula is C20H23N3O. The maximum absolute atomic E-state index is 12.7. The van der Waals surface area contributed by atoms with E-state index < -0.39 is 5.54 Å². The fourth-order valence-corrected chi connectivity index (χ4v) is 3.49. The van der Waals surface area contributed by atoms with Gasteiger partial charge in [-0.2, -0.15) is 0 Å². The van der Waals surface area contributed by atoms with Crippen molar-refractivity contribution in [1.82, 2.24) is 15.6 Å². The zero-order chi connectivity index (χ0) is 16.4. The summed E-state index contributed by atoms with van der Waals surface area (Å²) in [6.45, 7) is 0.924. The van der Waals surface area contributed by atoms with Gasteiger partial charge in [0.25, 0.3) is 0 Å². The van der Waals surface area contributed by atoms with E-state index >= 15 is 0 Å². The number of rotatable bonds is 5. The minimum Gasteiger partial charge on any atom is -0.352 e. The topological polar surface area (TPSA) is 54.0 Å². The van der Waals surface area contributed by atoms with Gasteiger partial charge in [-0.05, 0) is 67.5 Å². The van der Waals surface area contributed by atoms with Gasteiger partial charge in [-0.15, -0.1) is 0 Å². The van der Waals surface area contributed by atoms with Gasteiger partial charge in [0.05, 0.1) is 0 Å². The zero-order valence-electron chi connectivity index (χ0n) is 13.8. The van der Waals surface area contributed by atoms with Gasteiger partial charge in [-0.3, -0.25) is 9.78 Å². The Labute approximate surface area is 142 Å². The molecule has 24 heavy (non-hydrogen) atoms. The van der Waals surface area contributed by atoms with Crippen LogP contribution in [0.15, 0.2) is 48.8 Å². The van der Waals surface area contributed by atoms with Crippen molar-refractivity contribution >= 4 is 5.91 Å². The fourth-order valence-electron chi connectivity index (χ4n) is 3.49. The van der Waals surface area contributed by atoms with Crippen molar-refractivity contribution in [1.29, 1.82) is 0 Å². The second-order valence-corrected chi connectivity index (χ2v) is 6.97. The molecule has 4 rings (SSSR count). The van der Waals surface area contributed by atoms with Crippen LogP contribution in [-0.4, -0.2) is 29.0 Å². The van der Waals surface area contributed by atoms with E-state index in [0.29, 0.717) is 6.04 Å². The Hall–Kier alpha value is -2.20. The van der Waals surface area contributed by atoms with Crippen LogP contribution in [0.3, 0.4) is 0 Å². The molecular weight excluding hydrogens is 298 g/mol. The molecule has 1 saturated carbocycles. The van der Waals surface area contributed by atoms with E-state index in [9.17, 15) is 4.79 Å². The van der Waals surface area contributed by atoms with Gasteiger partial charge in [0.1, 0.15) is 5.54 Å². The predicted molar refractivity (Wildman–Crippen MR) is 94.5 cm³/mol. The molecule has 0 radical (unpaired) electrons. The monoisotopic (exact) mass is 321 g/mol. The third-order valence-corrected chi connectivity index (χ3v) is 5.06. The Morgan fingerprint density at radius 3 is 2.46 bits per heavy atom. The molecule has 0 spiro atoms. The molecule has 1 atom stereocenters. The number of aromatic nitrogens is 1. The molecule has 4 nitrogen and oxygen atoms in total. The number of carbonyl (C=O) groups excluding carboxylic acids is 1. The highest BCUT2D eigenvalue weighted by molar-refractivity contribution is 5.87. The van der Waals surface area contributed by atoms with Gasteiger partial charge < -0.3 is 10.6 Å². The number of carbonyl (C=O) groups is 1. The van der Waals surface area contributed by atoms with Crippen LogP contribution in [0.1, 0.15) is 31.2 Å². The summed E-state index contributed by atoms with van der Waals surface area (Å²) >= 11 is 0. The first-order valence-electron chi connectivity index (χ1n) is 8.81. The molecule has 1 aromatic carbocycles. The van der Waals surface area contributed by atoms with Gasteiger partial charge in [-0.1, -0.05) is 24.3 Å². The second-order valence-electron chi connectivity index (χ2n) is 6.97. The maximum atomic E-state index is 12.7. The number of nitrogens with zero attached hydrogens (tertiary/aromatic N) is 1. The molecule has 1 saturated heterocycles. The summed E-state index contributed by atoms with van der Waals surface area (Å²) in [6, 6.07) is 13.0. The highest BCUT2D eigenvalue weighted by atomic mass is 16.2. The molecule has 124 valence electrons. The first-order chi connectivity index (χ1) is 11.8. The van der Waals surface area contributed by atoms with Crippen LogP contribution in [-0.2, 0) is 11.2 Å². The van der Waals surface area contributed by atoms with Crippen molar-refractivity contribution in [2.45, 2.75) is 43.7 Å². The minimum atomic E-state index is -0.430. The standard InChI is InChI=1S/C20H23N3O/c24-19(23-18-6-7-18)20(10-1-11-22-20)14-15-2-4-16(5-3-15)17-8-12-21-13-9-17/h2-5,8-9,12-13,18,22H,1,6-7,10-11,14H2,(H,23,24). The van der Waals surface area contributed by atoms with E-state index in [0.717, 1.165) is 44.2 Å². The lowest BCUT2D eigenvalue weighted by atomic mass is 9.87. The van der Waals surface area contributed by atoms with Crippen LogP contribution < -0.4 is 10.6 Å². The molecule has 2 N–H and O–H groups in total. The Kier molecular flexibility index (Phi) is 4.07. The van der Waals surface area contributed by atoms with Crippen LogP contribution in [0.25, 0.3) is 11.1 Å². The van der Waals surface area contributed by atoms with Crippen LogP contribution in [0.4, 0.5) is 0 Å². The molecule has 1 amide bonds. The third-order valence-electron chi connectivity index (χ3n) is 5.06. The molecule has 2 fully saturated rings. The first-order valence-corrected chi connectivity index (χ1v) is 8.81. The highest BCUT2D eigenvalue weighted by Gasteiger charge is 2.42. The van der Waals surface area contributed by atoms with Crippen molar-refractivity contribution in [2.75, 3.05) is 6.54 Å². The quantitative estimate of drug-likeness (QED) is 0.890. The smallest absolute Gasteiger partial charge is 0.240 e. The summed E-state index contributed by atoms with van der Waals surface area (Å²) < 4.78 is 0. The summed E-state index contributed by atoms with van der Waals surface area (Å²) in [5.74, 6) is 0.181. The summed E-state index contributed by atoms with van der Waals surface area (Å²) in [4.78, 5) is 16.8. The fraction of sp³-hybridized carbons (Fsp3) is 0.400. The Morgan fingerprint density at radius 2 is 1.83 bits per heavy atom. The molecule has 2 heterocycles. The molecule has 1 aromatic heterocycles. The third kappa shape index (κ3) is 3.20. The predicted octanol–water partition coefficient (Wildman–Crippen LogP) is 2.69. The molecule has 1 aliphatic heterocycles. The van der Waals surface area contributed by atoms with E-state index in [4.69, 9.17) is 0 Å². The summed E-state index contributed by atoms with van der Waals surface area (Å²) in [7, 11) is 0. The summed E-state index contributed by atoms with van der Waals surface area (Å²) in [5, 5.41) is 6.66. The molecule has 2 aromatic rings. The number of nitrogens with one attached hydrogen (secondary N) is 2. The van der Waals surface area contributed by atoms with E-state index in [-0.39, 0.29) is 5.91 Å². The summed E-state index contributed by atoms with van der Waals surface area (Å²) in [6.07, 6.45) is 8.60. The number of hydrogen-bond acceptors (Lipinski definition) is 3. The van der Waals surface area contributed by atoms with Gasteiger partial charge in [0.15, 0.2) is 0 Å². The lowest BCUT2D eigenvalue weighted by Crippen LogP contribution is -2.55. The van der Waals surface area contributed by atoms with Crippen LogP contribution in [0, 0.1) is 0 Å². The van der Waals surface area contributed by atoms with Crippen molar-refractivity contribution in [2.24, 2.45) is 0 Å². The molecule has 0 bridgehead atoms. The van der Waals surface area contributed by atoms with Gasteiger partial charge in [0, 0.05) is 18.4 Å². The number of benzene rings is 1. The summed E-state index contributed by atoms with van der Waals surface area (Å²) in [5.41, 5.74) is 3.11. The molecule has 1 aliphatic carbocycles. The van der Waals surface area contributed by atoms with Gasteiger partial charge in [0.2, 0.25) is 5.91 Å². The normalized spacial score (nSPS) is 23.2. The highest BCUT2D eigenvalue weighted by Crippen LogP contribution is 2.28. The molecule has 2 aliphatic rings. The van der Waals surface area contributed by atoms with E-state index in [2.05, 4.69) is 39.9 Å². The largest absolute Gasteiger partial charge is 0.352 e. The zero-order valence-corrected chi connectivity index (χ0v) is 13.8. The average Bonchev–Trinajstić information content (AvgIpc) is 3.31. The van der Waals surface area contributed by atoms with E-state index in [1.165, 1.54) is 11.1 Å². The molecule has 1 unspecified atom stereocenters. The number of amides is 1. The lowest BCUT2D eigenvalue weighted by Gasteiger charge is -2.28. The van der Waals surface area contributed by atoms with Crippen molar-refractivity contribution in [3.8, 4) is 11.1 Å². The Balaban J connectivity index is 1.51. The number of pyridine rings is 1. The Morgan fingerprint density at radius 1 is 1.12 bits per heavy atom. The van der Waals surface area contributed by atoms with Crippen LogP contribution >= 0.6 is 0 Å². The van der Waals surface area contributed by atoms with Crippen LogP contribution in [0.2, 0.25) is 0 Å². The van der Waals surface area contributed by atoms with Crippen molar-refractivity contribution in [3.05, 3.63) is 54.4 Å². The van der Waals surface area contributed by atoms with E-state index in [1.54, 1.807) is 0 Å². The van der Waals surface area contributed by atoms with Gasteiger partial charge in [-0.25, -0.2) is 0 Å².